The maximum atomic E-state index is 5.39. The molecule has 1 fully saturated rings. The Morgan fingerprint density at radius 3 is 2.57 bits per heavy atom. The van der Waals surface area contributed by atoms with Crippen LogP contribution in [0, 0.1) is 6.92 Å². The molecule has 1 aliphatic heterocycles. The second-order valence-corrected chi connectivity index (χ2v) is 7.80. The van der Waals surface area contributed by atoms with Gasteiger partial charge in [-0.05, 0) is 47.4 Å². The molecule has 0 bridgehead atoms. The van der Waals surface area contributed by atoms with Crippen LogP contribution in [0.3, 0.4) is 0 Å². The van der Waals surface area contributed by atoms with Gasteiger partial charge in [0.15, 0.2) is 0 Å². The summed E-state index contributed by atoms with van der Waals surface area (Å²) in [6.07, 6.45) is 6.66. The lowest BCUT2D eigenvalue weighted by Gasteiger charge is -2.26. The van der Waals surface area contributed by atoms with Crippen LogP contribution in [0.5, 0.6) is 0 Å². The molecule has 3 aromatic heterocycles. The molecule has 0 saturated carbocycles. The van der Waals surface area contributed by atoms with Crippen molar-refractivity contribution >= 4 is 17.3 Å². The lowest BCUT2D eigenvalue weighted by molar-refractivity contribution is 0.122. The number of thiophene rings is 1. The average Bonchev–Trinajstić information content (AvgIpc) is 3.26. The van der Waals surface area contributed by atoms with Crippen LogP contribution in [0.2, 0.25) is 0 Å². The minimum absolute atomic E-state index is 0.147. The molecule has 146 valence electrons. The number of morpholine rings is 1. The first-order chi connectivity index (χ1) is 13.8. The van der Waals surface area contributed by atoms with Crippen LogP contribution in [0.1, 0.15) is 28.4 Å². The number of rotatable bonds is 7. The highest BCUT2D eigenvalue weighted by Gasteiger charge is 2.16. The molecule has 1 N–H and O–H groups in total. The van der Waals surface area contributed by atoms with E-state index in [9.17, 15) is 0 Å². The van der Waals surface area contributed by atoms with Gasteiger partial charge >= 0.3 is 0 Å². The molecule has 0 unspecified atom stereocenters. The van der Waals surface area contributed by atoms with Gasteiger partial charge in [-0.25, -0.2) is 9.97 Å². The number of anilines is 1. The molecule has 1 atom stereocenters. The van der Waals surface area contributed by atoms with Gasteiger partial charge in [0.2, 0.25) is 5.95 Å². The molecule has 4 heterocycles. The Labute approximate surface area is 169 Å². The maximum absolute atomic E-state index is 5.39. The topological polar surface area (TPSA) is 63.2 Å². The predicted octanol–water partition coefficient (Wildman–Crippen LogP) is 3.15. The largest absolute Gasteiger partial charge is 0.378 e. The first-order valence-electron chi connectivity index (χ1n) is 9.58. The van der Waals surface area contributed by atoms with Crippen molar-refractivity contribution in [1.82, 2.24) is 20.3 Å². The smallest absolute Gasteiger partial charge is 0.225 e. The van der Waals surface area contributed by atoms with Gasteiger partial charge in [-0.15, -0.1) is 0 Å². The monoisotopic (exact) mass is 395 g/mol. The Kier molecular flexibility index (Phi) is 6.26. The molecule has 7 heteroatoms. The van der Waals surface area contributed by atoms with Crippen LogP contribution in [-0.2, 0) is 17.7 Å². The molecular weight excluding hydrogens is 370 g/mol. The number of ether oxygens (including phenoxy) is 1. The third-order valence-electron chi connectivity index (χ3n) is 4.85. The Balaban J connectivity index is 1.42. The summed E-state index contributed by atoms with van der Waals surface area (Å²) >= 11 is 1.73. The molecule has 4 rings (SSSR count). The van der Waals surface area contributed by atoms with Crippen LogP contribution in [0.4, 0.5) is 5.95 Å². The first-order valence-corrected chi connectivity index (χ1v) is 10.5. The summed E-state index contributed by atoms with van der Waals surface area (Å²) in [5.74, 6) is 0.780. The number of aryl methyl sites for hydroxylation is 1. The van der Waals surface area contributed by atoms with Crippen LogP contribution < -0.4 is 10.2 Å². The number of nitrogens with one attached hydrogen (secondary N) is 1. The minimum Gasteiger partial charge on any atom is -0.378 e. The molecule has 6 nitrogen and oxygen atoms in total. The van der Waals surface area contributed by atoms with Crippen molar-refractivity contribution in [2.24, 2.45) is 0 Å². The Hall–Kier alpha value is -2.35. The lowest BCUT2D eigenvalue weighted by Crippen LogP contribution is -2.37. The summed E-state index contributed by atoms with van der Waals surface area (Å²) in [4.78, 5) is 15.9. The minimum atomic E-state index is 0.147. The highest BCUT2D eigenvalue weighted by atomic mass is 32.1. The quantitative estimate of drug-likeness (QED) is 0.663. The molecular formula is C21H25N5OS. The van der Waals surface area contributed by atoms with Crippen molar-refractivity contribution in [3.63, 3.8) is 0 Å². The molecule has 28 heavy (non-hydrogen) atoms. The second-order valence-electron chi connectivity index (χ2n) is 7.02. The summed E-state index contributed by atoms with van der Waals surface area (Å²) in [6, 6.07) is 6.55. The SMILES string of the molecule is Cc1ccc([C@H](Cc2ccsc2)NCc2cnc(N3CCOCC3)nc2)nc1. The zero-order chi connectivity index (χ0) is 19.2. The normalized spacial score (nSPS) is 15.5. The van der Waals surface area contributed by atoms with E-state index in [0.29, 0.717) is 6.54 Å². The van der Waals surface area contributed by atoms with Crippen LogP contribution in [0.25, 0.3) is 0 Å². The van der Waals surface area contributed by atoms with Gasteiger partial charge in [0.25, 0.3) is 0 Å². The van der Waals surface area contributed by atoms with Crippen LogP contribution in [-0.4, -0.2) is 41.3 Å². The van der Waals surface area contributed by atoms with Crippen molar-refractivity contribution in [3.05, 3.63) is 69.9 Å². The van der Waals surface area contributed by atoms with E-state index in [2.05, 4.69) is 61.1 Å². The van der Waals surface area contributed by atoms with E-state index in [-0.39, 0.29) is 6.04 Å². The first kappa shape index (κ1) is 19.0. The Bertz CT molecular complexity index is 846. The van der Waals surface area contributed by atoms with E-state index >= 15 is 0 Å². The number of aromatic nitrogens is 3. The number of nitrogens with zero attached hydrogens (tertiary/aromatic N) is 4. The summed E-state index contributed by atoms with van der Waals surface area (Å²) in [6.45, 7) is 5.93. The van der Waals surface area contributed by atoms with E-state index < -0.39 is 0 Å². The van der Waals surface area contributed by atoms with Gasteiger partial charge in [0.1, 0.15) is 0 Å². The van der Waals surface area contributed by atoms with Gasteiger partial charge in [-0.2, -0.15) is 11.3 Å². The fraction of sp³-hybridized carbons (Fsp3) is 0.381. The molecule has 0 spiro atoms. The Morgan fingerprint density at radius 2 is 1.89 bits per heavy atom. The maximum Gasteiger partial charge on any atom is 0.225 e. The Morgan fingerprint density at radius 1 is 1.07 bits per heavy atom. The zero-order valence-corrected chi connectivity index (χ0v) is 16.9. The number of pyridine rings is 1. The van der Waals surface area contributed by atoms with Gasteiger partial charge in [-0.1, -0.05) is 6.07 Å². The van der Waals surface area contributed by atoms with Crippen LogP contribution >= 0.6 is 11.3 Å². The molecule has 3 aromatic rings. The number of hydrogen-bond acceptors (Lipinski definition) is 7. The van der Waals surface area contributed by atoms with Gasteiger partial charge in [0.05, 0.1) is 24.9 Å². The molecule has 1 aliphatic rings. The van der Waals surface area contributed by atoms with E-state index in [0.717, 1.165) is 49.9 Å². The van der Waals surface area contributed by atoms with Gasteiger partial charge in [0, 0.05) is 43.8 Å². The fourth-order valence-electron chi connectivity index (χ4n) is 3.22. The predicted molar refractivity (Wildman–Crippen MR) is 112 cm³/mol. The second kappa shape index (κ2) is 9.23. The molecule has 0 aromatic carbocycles. The molecule has 0 radical (unpaired) electrons. The van der Waals surface area contributed by atoms with E-state index in [1.807, 2.05) is 18.6 Å². The van der Waals surface area contributed by atoms with Crippen molar-refractivity contribution in [2.75, 3.05) is 31.2 Å². The summed E-state index contributed by atoms with van der Waals surface area (Å²) in [5.41, 5.74) is 4.62. The highest BCUT2D eigenvalue weighted by Crippen LogP contribution is 2.20. The van der Waals surface area contributed by atoms with Crippen molar-refractivity contribution in [2.45, 2.75) is 25.9 Å². The fourth-order valence-corrected chi connectivity index (χ4v) is 3.90. The summed E-state index contributed by atoms with van der Waals surface area (Å²) < 4.78 is 5.39. The van der Waals surface area contributed by atoms with Crippen molar-refractivity contribution in [1.29, 1.82) is 0 Å². The highest BCUT2D eigenvalue weighted by molar-refractivity contribution is 7.07. The zero-order valence-electron chi connectivity index (χ0n) is 16.0. The third-order valence-corrected chi connectivity index (χ3v) is 5.58. The van der Waals surface area contributed by atoms with Crippen molar-refractivity contribution < 1.29 is 4.74 Å². The van der Waals surface area contributed by atoms with Crippen LogP contribution in [0.15, 0.2) is 47.5 Å². The van der Waals surface area contributed by atoms with E-state index in [1.54, 1.807) is 11.3 Å². The molecule has 0 aliphatic carbocycles. The lowest BCUT2D eigenvalue weighted by atomic mass is 10.0. The standard InChI is InChI=1S/C21H25N5OS/c1-16-2-3-19(22-11-16)20(10-17-4-9-28-15-17)23-12-18-13-24-21(25-14-18)26-5-7-27-8-6-26/h2-4,9,11,13-15,20,23H,5-8,10,12H2,1H3/t20-/m0/s1. The van der Waals surface area contributed by atoms with E-state index in [4.69, 9.17) is 4.74 Å². The third kappa shape index (κ3) is 4.92. The molecule has 1 saturated heterocycles. The average molecular weight is 396 g/mol. The molecule has 0 amide bonds. The van der Waals surface area contributed by atoms with Gasteiger partial charge < -0.3 is 15.0 Å². The summed E-state index contributed by atoms with van der Waals surface area (Å²) in [5, 5.41) is 7.95. The van der Waals surface area contributed by atoms with Crippen molar-refractivity contribution in [3.8, 4) is 0 Å². The number of hydrogen-bond donors (Lipinski definition) is 1. The van der Waals surface area contributed by atoms with Gasteiger partial charge in [-0.3, -0.25) is 4.98 Å². The summed E-state index contributed by atoms with van der Waals surface area (Å²) in [7, 11) is 0. The van der Waals surface area contributed by atoms with E-state index in [1.165, 1.54) is 11.1 Å².